The highest BCUT2D eigenvalue weighted by atomic mass is 35.5. The molecular weight excluding hydrogens is 343 g/mol. The van der Waals surface area contributed by atoms with Crippen LogP contribution >= 0.6 is 11.6 Å². The standard InChI is InChI=1S/C16H14ClFO4S/c1-23(20,21)10-11-3-2-4-12(7-11)16(19)22-9-13-5-6-14(18)8-15(13)17/h2-8H,9-10H2,1H3. The van der Waals surface area contributed by atoms with E-state index in [0.717, 1.165) is 12.3 Å². The zero-order chi connectivity index (χ0) is 17.0. The van der Waals surface area contributed by atoms with Crippen LogP contribution in [0.3, 0.4) is 0 Å². The lowest BCUT2D eigenvalue weighted by atomic mass is 10.1. The number of rotatable bonds is 5. The van der Waals surface area contributed by atoms with Crippen molar-refractivity contribution in [3.63, 3.8) is 0 Å². The fourth-order valence-corrected chi connectivity index (χ4v) is 2.96. The molecule has 0 unspecified atom stereocenters. The van der Waals surface area contributed by atoms with Crippen LogP contribution in [0.25, 0.3) is 0 Å². The molecule has 0 spiro atoms. The van der Waals surface area contributed by atoms with Gasteiger partial charge < -0.3 is 4.74 Å². The highest BCUT2D eigenvalue weighted by molar-refractivity contribution is 7.89. The van der Waals surface area contributed by atoms with Gasteiger partial charge in [-0.05, 0) is 29.8 Å². The maximum absolute atomic E-state index is 12.9. The highest BCUT2D eigenvalue weighted by Crippen LogP contribution is 2.19. The third kappa shape index (κ3) is 5.33. The zero-order valence-electron chi connectivity index (χ0n) is 12.3. The number of ether oxygens (including phenoxy) is 1. The second-order valence-corrected chi connectivity index (χ2v) is 7.63. The molecule has 122 valence electrons. The Hall–Kier alpha value is -1.92. The molecule has 0 N–H and O–H groups in total. The highest BCUT2D eigenvalue weighted by Gasteiger charge is 2.12. The number of carbonyl (C=O) groups is 1. The van der Waals surface area contributed by atoms with Crippen molar-refractivity contribution in [2.24, 2.45) is 0 Å². The van der Waals surface area contributed by atoms with Gasteiger partial charge in [0, 0.05) is 11.8 Å². The van der Waals surface area contributed by atoms with E-state index in [4.69, 9.17) is 16.3 Å². The summed E-state index contributed by atoms with van der Waals surface area (Å²) in [7, 11) is -3.19. The first-order chi connectivity index (χ1) is 10.7. The van der Waals surface area contributed by atoms with Gasteiger partial charge in [0.2, 0.25) is 0 Å². The van der Waals surface area contributed by atoms with Gasteiger partial charge in [-0.25, -0.2) is 17.6 Å². The normalized spacial score (nSPS) is 11.3. The molecule has 2 aromatic rings. The molecule has 0 atom stereocenters. The first kappa shape index (κ1) is 17.4. The van der Waals surface area contributed by atoms with E-state index < -0.39 is 21.6 Å². The summed E-state index contributed by atoms with van der Waals surface area (Å²) in [5.41, 5.74) is 1.22. The van der Waals surface area contributed by atoms with Crippen molar-refractivity contribution >= 4 is 27.4 Å². The van der Waals surface area contributed by atoms with Crippen molar-refractivity contribution in [1.29, 1.82) is 0 Å². The van der Waals surface area contributed by atoms with Gasteiger partial charge in [-0.15, -0.1) is 0 Å². The fraction of sp³-hybridized carbons (Fsp3) is 0.188. The summed E-state index contributed by atoms with van der Waals surface area (Å²) in [5, 5.41) is 0.170. The van der Waals surface area contributed by atoms with Gasteiger partial charge in [0.25, 0.3) is 0 Å². The first-order valence-corrected chi connectivity index (χ1v) is 9.06. The van der Waals surface area contributed by atoms with Gasteiger partial charge in [0.05, 0.1) is 16.3 Å². The largest absolute Gasteiger partial charge is 0.457 e. The number of carbonyl (C=O) groups excluding carboxylic acids is 1. The quantitative estimate of drug-likeness (QED) is 0.770. The molecule has 0 aliphatic rings. The molecule has 0 saturated carbocycles. The number of benzene rings is 2. The van der Waals surface area contributed by atoms with Gasteiger partial charge in [-0.3, -0.25) is 0 Å². The summed E-state index contributed by atoms with van der Waals surface area (Å²) in [6.07, 6.45) is 1.12. The molecule has 0 radical (unpaired) electrons. The predicted octanol–water partition coefficient (Wildman–Crippen LogP) is 3.38. The van der Waals surface area contributed by atoms with E-state index >= 15 is 0 Å². The number of hydrogen-bond acceptors (Lipinski definition) is 4. The zero-order valence-corrected chi connectivity index (χ0v) is 13.8. The third-order valence-electron chi connectivity index (χ3n) is 2.97. The maximum atomic E-state index is 12.9. The Morgan fingerprint density at radius 2 is 1.96 bits per heavy atom. The van der Waals surface area contributed by atoms with Crippen molar-refractivity contribution < 1.29 is 22.3 Å². The molecule has 7 heteroatoms. The van der Waals surface area contributed by atoms with Crippen LogP contribution in [0.5, 0.6) is 0 Å². The summed E-state index contributed by atoms with van der Waals surface area (Å²) in [6.45, 7) is -0.103. The minimum absolute atomic E-state index is 0.103. The molecule has 0 amide bonds. The van der Waals surface area contributed by atoms with Crippen molar-refractivity contribution in [1.82, 2.24) is 0 Å². The molecule has 0 aromatic heterocycles. The van der Waals surface area contributed by atoms with E-state index in [1.165, 1.54) is 24.3 Å². The lowest BCUT2D eigenvalue weighted by Gasteiger charge is -2.08. The number of halogens is 2. The lowest BCUT2D eigenvalue weighted by molar-refractivity contribution is 0.0472. The Kier molecular flexibility index (Phi) is 5.38. The molecule has 0 saturated heterocycles. The topological polar surface area (TPSA) is 60.4 Å². The van der Waals surface area contributed by atoms with E-state index in [0.29, 0.717) is 11.1 Å². The van der Waals surface area contributed by atoms with Crippen LogP contribution in [-0.2, 0) is 26.9 Å². The molecule has 0 fully saturated rings. The molecule has 23 heavy (non-hydrogen) atoms. The van der Waals surface area contributed by atoms with Crippen LogP contribution in [0.15, 0.2) is 42.5 Å². The van der Waals surface area contributed by atoms with E-state index in [-0.39, 0.29) is 22.9 Å². The van der Waals surface area contributed by atoms with E-state index in [1.54, 1.807) is 12.1 Å². The van der Waals surface area contributed by atoms with Crippen molar-refractivity contribution in [2.45, 2.75) is 12.4 Å². The average Bonchev–Trinajstić information content (AvgIpc) is 2.44. The monoisotopic (exact) mass is 356 g/mol. The summed E-state index contributed by atoms with van der Waals surface area (Å²) in [5.74, 6) is -1.24. The summed E-state index contributed by atoms with van der Waals surface area (Å²) in [6, 6.07) is 10.00. The van der Waals surface area contributed by atoms with Crippen LogP contribution in [-0.4, -0.2) is 20.6 Å². The van der Waals surface area contributed by atoms with Crippen molar-refractivity contribution in [3.05, 3.63) is 70.0 Å². The Morgan fingerprint density at radius 3 is 2.61 bits per heavy atom. The number of hydrogen-bond donors (Lipinski definition) is 0. The number of esters is 1. The Balaban J connectivity index is 2.07. The summed E-state index contributed by atoms with van der Waals surface area (Å²) < 4.78 is 40.7. The molecule has 4 nitrogen and oxygen atoms in total. The predicted molar refractivity (Wildman–Crippen MR) is 85.5 cm³/mol. The molecule has 0 bridgehead atoms. The van der Waals surface area contributed by atoms with E-state index in [1.807, 2.05) is 0 Å². The van der Waals surface area contributed by atoms with E-state index in [2.05, 4.69) is 0 Å². The Labute approximate surface area is 138 Å². The van der Waals surface area contributed by atoms with Gasteiger partial charge in [-0.2, -0.15) is 0 Å². The van der Waals surface area contributed by atoms with Crippen molar-refractivity contribution in [3.8, 4) is 0 Å². The molecular formula is C16H14ClFO4S. The summed E-state index contributed by atoms with van der Waals surface area (Å²) in [4.78, 5) is 12.0. The van der Waals surface area contributed by atoms with E-state index in [9.17, 15) is 17.6 Å². The second kappa shape index (κ2) is 7.10. The van der Waals surface area contributed by atoms with Gasteiger partial charge in [0.15, 0.2) is 9.84 Å². The lowest BCUT2D eigenvalue weighted by Crippen LogP contribution is -2.07. The Morgan fingerprint density at radius 1 is 1.22 bits per heavy atom. The van der Waals surface area contributed by atoms with Crippen LogP contribution in [0.2, 0.25) is 5.02 Å². The van der Waals surface area contributed by atoms with Crippen LogP contribution in [0.4, 0.5) is 4.39 Å². The summed E-state index contributed by atoms with van der Waals surface area (Å²) >= 11 is 5.86. The maximum Gasteiger partial charge on any atom is 0.338 e. The van der Waals surface area contributed by atoms with Crippen LogP contribution < -0.4 is 0 Å². The van der Waals surface area contributed by atoms with Gasteiger partial charge in [-0.1, -0.05) is 29.8 Å². The average molecular weight is 357 g/mol. The third-order valence-corrected chi connectivity index (χ3v) is 4.17. The minimum Gasteiger partial charge on any atom is -0.457 e. The smallest absolute Gasteiger partial charge is 0.338 e. The molecule has 0 heterocycles. The minimum atomic E-state index is -3.19. The number of sulfone groups is 1. The molecule has 2 aromatic carbocycles. The molecule has 2 rings (SSSR count). The molecule has 0 aliphatic carbocycles. The van der Waals surface area contributed by atoms with Crippen LogP contribution in [0, 0.1) is 5.82 Å². The first-order valence-electron chi connectivity index (χ1n) is 6.62. The Bertz CT molecular complexity index is 834. The van der Waals surface area contributed by atoms with Crippen LogP contribution in [0.1, 0.15) is 21.5 Å². The van der Waals surface area contributed by atoms with Gasteiger partial charge in [0.1, 0.15) is 12.4 Å². The van der Waals surface area contributed by atoms with Crippen molar-refractivity contribution in [2.75, 3.05) is 6.26 Å². The van der Waals surface area contributed by atoms with Gasteiger partial charge >= 0.3 is 5.97 Å². The fourth-order valence-electron chi connectivity index (χ4n) is 1.96. The second-order valence-electron chi connectivity index (χ2n) is 5.08. The SMILES string of the molecule is CS(=O)(=O)Cc1cccc(C(=O)OCc2ccc(F)cc2Cl)c1. The molecule has 0 aliphatic heterocycles.